The summed E-state index contributed by atoms with van der Waals surface area (Å²) in [5.41, 5.74) is 1.42. The topological polar surface area (TPSA) is 12.0 Å². The predicted octanol–water partition coefficient (Wildman–Crippen LogP) is 5.20. The Morgan fingerprint density at radius 1 is 1.16 bits per heavy atom. The molecule has 0 bridgehead atoms. The first-order valence-electron chi connectivity index (χ1n) is 6.87. The van der Waals surface area contributed by atoms with E-state index < -0.39 is 0 Å². The summed E-state index contributed by atoms with van der Waals surface area (Å²) in [4.78, 5) is 0. The molecular formula is C16H25Cl2N. The molecule has 108 valence electrons. The van der Waals surface area contributed by atoms with Crippen molar-refractivity contribution in [2.24, 2.45) is 11.3 Å². The van der Waals surface area contributed by atoms with Crippen LogP contribution in [-0.2, 0) is 6.42 Å². The predicted molar refractivity (Wildman–Crippen MR) is 86.2 cm³/mol. The van der Waals surface area contributed by atoms with Crippen LogP contribution in [-0.4, -0.2) is 12.6 Å². The summed E-state index contributed by atoms with van der Waals surface area (Å²) in [6.07, 6.45) is 0.971. The molecule has 0 fully saturated rings. The van der Waals surface area contributed by atoms with Crippen LogP contribution in [0, 0.1) is 11.3 Å². The van der Waals surface area contributed by atoms with Crippen LogP contribution in [0.4, 0.5) is 0 Å². The van der Waals surface area contributed by atoms with Crippen LogP contribution < -0.4 is 5.32 Å². The second-order valence-electron chi connectivity index (χ2n) is 6.57. The molecule has 1 aromatic rings. The summed E-state index contributed by atoms with van der Waals surface area (Å²) in [7, 11) is 0. The van der Waals surface area contributed by atoms with Gasteiger partial charge in [0.25, 0.3) is 0 Å². The molecular weight excluding hydrogens is 277 g/mol. The van der Waals surface area contributed by atoms with Crippen molar-refractivity contribution < 1.29 is 0 Å². The Balaban J connectivity index is 2.82. The maximum absolute atomic E-state index is 6.28. The summed E-state index contributed by atoms with van der Waals surface area (Å²) < 4.78 is 0. The largest absolute Gasteiger partial charge is 0.314 e. The van der Waals surface area contributed by atoms with Crippen molar-refractivity contribution in [1.29, 1.82) is 0 Å². The number of halogens is 2. The monoisotopic (exact) mass is 301 g/mol. The van der Waals surface area contributed by atoms with Gasteiger partial charge in [0.05, 0.1) is 0 Å². The Labute approximate surface area is 127 Å². The van der Waals surface area contributed by atoms with E-state index in [1.807, 2.05) is 18.2 Å². The number of hydrogen-bond acceptors (Lipinski definition) is 1. The van der Waals surface area contributed by atoms with E-state index in [-0.39, 0.29) is 5.41 Å². The van der Waals surface area contributed by atoms with Gasteiger partial charge in [-0.2, -0.15) is 0 Å². The number of hydrogen-bond donors (Lipinski definition) is 1. The van der Waals surface area contributed by atoms with E-state index in [0.717, 1.165) is 18.0 Å². The van der Waals surface area contributed by atoms with E-state index in [4.69, 9.17) is 23.2 Å². The van der Waals surface area contributed by atoms with Gasteiger partial charge in [-0.15, -0.1) is 0 Å². The first-order chi connectivity index (χ1) is 8.70. The lowest BCUT2D eigenvalue weighted by atomic mass is 9.77. The zero-order chi connectivity index (χ0) is 14.6. The molecule has 0 aromatic heterocycles. The van der Waals surface area contributed by atoms with Crippen LogP contribution in [0.3, 0.4) is 0 Å². The first kappa shape index (κ1) is 16.8. The summed E-state index contributed by atoms with van der Waals surface area (Å²) >= 11 is 12.2. The van der Waals surface area contributed by atoms with Crippen LogP contribution in [0.15, 0.2) is 18.2 Å². The van der Waals surface area contributed by atoms with Gasteiger partial charge in [-0.1, -0.05) is 63.9 Å². The van der Waals surface area contributed by atoms with Crippen molar-refractivity contribution in [2.75, 3.05) is 6.54 Å². The van der Waals surface area contributed by atoms with Gasteiger partial charge in [0.1, 0.15) is 0 Å². The maximum Gasteiger partial charge on any atom is 0.0452 e. The van der Waals surface area contributed by atoms with E-state index in [0.29, 0.717) is 17.0 Å². The van der Waals surface area contributed by atoms with E-state index in [9.17, 15) is 0 Å². The Bertz CT molecular complexity index is 408. The first-order valence-corrected chi connectivity index (χ1v) is 7.63. The molecule has 0 aliphatic rings. The number of nitrogens with one attached hydrogen (secondary N) is 1. The van der Waals surface area contributed by atoms with Crippen LogP contribution in [0.1, 0.15) is 40.2 Å². The Morgan fingerprint density at radius 3 is 2.26 bits per heavy atom. The van der Waals surface area contributed by atoms with Crippen molar-refractivity contribution in [2.45, 2.75) is 47.1 Å². The molecule has 0 aliphatic carbocycles. The molecule has 0 heterocycles. The molecule has 1 rings (SSSR count). The molecule has 1 atom stereocenters. The normalized spacial score (nSPS) is 13.9. The zero-order valence-electron chi connectivity index (χ0n) is 12.6. The SMILES string of the molecule is CC(C)NCC(Cc1ccc(Cl)cc1Cl)C(C)(C)C. The molecule has 0 amide bonds. The number of rotatable bonds is 5. The minimum absolute atomic E-state index is 0.241. The van der Waals surface area contributed by atoms with Crippen molar-refractivity contribution >= 4 is 23.2 Å². The van der Waals surface area contributed by atoms with E-state index in [1.54, 1.807) is 0 Å². The Hall–Kier alpha value is -0.240. The highest BCUT2D eigenvalue weighted by Crippen LogP contribution is 2.31. The standard InChI is InChI=1S/C16H25Cl2N/c1-11(2)19-10-13(16(3,4)5)8-12-6-7-14(17)9-15(12)18/h6-7,9,11,13,19H,8,10H2,1-5H3. The molecule has 1 aromatic carbocycles. The third-order valence-electron chi connectivity index (χ3n) is 3.48. The third kappa shape index (κ3) is 5.72. The molecule has 19 heavy (non-hydrogen) atoms. The molecule has 1 nitrogen and oxygen atoms in total. The highest BCUT2D eigenvalue weighted by molar-refractivity contribution is 6.35. The molecule has 1 N–H and O–H groups in total. The van der Waals surface area contributed by atoms with Crippen LogP contribution in [0.2, 0.25) is 10.0 Å². The van der Waals surface area contributed by atoms with Crippen LogP contribution in [0.25, 0.3) is 0 Å². The van der Waals surface area contributed by atoms with E-state index in [2.05, 4.69) is 39.9 Å². The lowest BCUT2D eigenvalue weighted by molar-refractivity contribution is 0.226. The van der Waals surface area contributed by atoms with Gasteiger partial charge in [-0.3, -0.25) is 0 Å². The highest BCUT2D eigenvalue weighted by atomic mass is 35.5. The minimum Gasteiger partial charge on any atom is -0.314 e. The Kier molecular flexibility index (Phi) is 6.16. The summed E-state index contributed by atoms with van der Waals surface area (Å²) in [6, 6.07) is 6.29. The molecule has 1 unspecified atom stereocenters. The van der Waals surface area contributed by atoms with Crippen molar-refractivity contribution in [3.63, 3.8) is 0 Å². The molecule has 0 saturated carbocycles. The third-order valence-corrected chi connectivity index (χ3v) is 4.07. The molecule has 0 spiro atoms. The van der Waals surface area contributed by atoms with Crippen molar-refractivity contribution in [3.05, 3.63) is 33.8 Å². The summed E-state index contributed by atoms with van der Waals surface area (Å²) in [5.74, 6) is 0.536. The minimum atomic E-state index is 0.241. The fourth-order valence-corrected chi connectivity index (χ4v) is 2.50. The van der Waals surface area contributed by atoms with Crippen LogP contribution >= 0.6 is 23.2 Å². The summed E-state index contributed by atoms with van der Waals surface area (Å²) in [5, 5.41) is 5.00. The maximum atomic E-state index is 6.28. The van der Waals surface area contributed by atoms with Gasteiger partial charge in [0, 0.05) is 16.1 Å². The highest BCUT2D eigenvalue weighted by Gasteiger charge is 2.25. The average molecular weight is 302 g/mol. The lowest BCUT2D eigenvalue weighted by Gasteiger charge is -2.32. The smallest absolute Gasteiger partial charge is 0.0452 e. The van der Waals surface area contributed by atoms with Gasteiger partial charge >= 0.3 is 0 Å². The molecule has 0 saturated heterocycles. The van der Waals surface area contributed by atoms with Gasteiger partial charge in [0.2, 0.25) is 0 Å². The van der Waals surface area contributed by atoms with E-state index in [1.165, 1.54) is 5.56 Å². The summed E-state index contributed by atoms with van der Waals surface area (Å²) in [6.45, 7) is 12.2. The molecule has 3 heteroatoms. The fourth-order valence-electron chi connectivity index (χ4n) is 2.02. The second-order valence-corrected chi connectivity index (χ2v) is 7.41. The quantitative estimate of drug-likeness (QED) is 0.788. The van der Waals surface area contributed by atoms with Gasteiger partial charge in [-0.25, -0.2) is 0 Å². The van der Waals surface area contributed by atoms with E-state index >= 15 is 0 Å². The zero-order valence-corrected chi connectivity index (χ0v) is 14.1. The molecule has 0 aliphatic heterocycles. The van der Waals surface area contributed by atoms with Crippen molar-refractivity contribution in [3.8, 4) is 0 Å². The average Bonchev–Trinajstić information content (AvgIpc) is 2.24. The second kappa shape index (κ2) is 6.97. The van der Waals surface area contributed by atoms with Gasteiger partial charge in [0.15, 0.2) is 0 Å². The lowest BCUT2D eigenvalue weighted by Crippen LogP contribution is -2.36. The van der Waals surface area contributed by atoms with Crippen molar-refractivity contribution in [1.82, 2.24) is 5.32 Å². The fraction of sp³-hybridized carbons (Fsp3) is 0.625. The van der Waals surface area contributed by atoms with Gasteiger partial charge in [-0.05, 0) is 42.0 Å². The van der Waals surface area contributed by atoms with Crippen LogP contribution in [0.5, 0.6) is 0 Å². The number of benzene rings is 1. The van der Waals surface area contributed by atoms with Gasteiger partial charge < -0.3 is 5.32 Å². The molecule has 0 radical (unpaired) electrons. The Morgan fingerprint density at radius 2 is 1.79 bits per heavy atom.